The van der Waals surface area contributed by atoms with Gasteiger partial charge in [-0.15, -0.1) is 0 Å². The average Bonchev–Trinajstić information content (AvgIpc) is 2.52. The van der Waals surface area contributed by atoms with Gasteiger partial charge in [-0.05, 0) is 52.2 Å². The minimum Gasteiger partial charge on any atom is -0.381 e. The van der Waals surface area contributed by atoms with Gasteiger partial charge in [0.15, 0.2) is 0 Å². The third kappa shape index (κ3) is 4.32. The summed E-state index contributed by atoms with van der Waals surface area (Å²) in [6, 6.07) is 16.0. The van der Waals surface area contributed by atoms with Gasteiger partial charge in [-0.1, -0.05) is 24.3 Å². The lowest BCUT2D eigenvalue weighted by atomic mass is 10.1. The molecule has 0 bridgehead atoms. The van der Waals surface area contributed by atoms with Gasteiger partial charge in [0.1, 0.15) is 6.07 Å². The number of halogens is 1. The average molecular weight is 345 g/mol. The molecule has 0 saturated heterocycles. The molecule has 0 saturated carbocycles. The van der Waals surface area contributed by atoms with Crippen molar-refractivity contribution >= 4 is 21.6 Å². The highest BCUT2D eigenvalue weighted by atomic mass is 79.9. The molecule has 4 heteroatoms. The topological polar surface area (TPSA) is 45.0 Å². The zero-order chi connectivity index (χ0) is 15.1. The van der Waals surface area contributed by atoms with E-state index in [0.29, 0.717) is 18.8 Å². The number of hydrogen-bond donors (Lipinski definition) is 1. The summed E-state index contributed by atoms with van der Waals surface area (Å²) in [6.45, 7) is 4.06. The Kier molecular flexibility index (Phi) is 5.79. The number of ether oxygens (including phenoxy) is 1. The SMILES string of the molecule is CCOCc1ccccc1CNc1ccc(C#N)c(Br)c1. The number of anilines is 1. The van der Waals surface area contributed by atoms with Crippen molar-refractivity contribution in [1.82, 2.24) is 0 Å². The van der Waals surface area contributed by atoms with Crippen LogP contribution in [0.1, 0.15) is 23.6 Å². The molecular formula is C17H17BrN2O. The first-order chi connectivity index (χ1) is 10.2. The lowest BCUT2D eigenvalue weighted by molar-refractivity contribution is 0.133. The Hall–Kier alpha value is -1.83. The number of benzene rings is 2. The minimum atomic E-state index is 0.630. The van der Waals surface area contributed by atoms with Crippen molar-refractivity contribution in [2.75, 3.05) is 11.9 Å². The Balaban J connectivity index is 2.06. The molecule has 21 heavy (non-hydrogen) atoms. The molecular weight excluding hydrogens is 328 g/mol. The van der Waals surface area contributed by atoms with Crippen LogP contribution in [0.5, 0.6) is 0 Å². The van der Waals surface area contributed by atoms with Crippen LogP contribution in [0, 0.1) is 11.3 Å². The predicted octanol–water partition coefficient (Wildman–Crippen LogP) is 4.47. The first-order valence-corrected chi connectivity index (χ1v) is 7.62. The first-order valence-electron chi connectivity index (χ1n) is 6.82. The Morgan fingerprint density at radius 1 is 1.19 bits per heavy atom. The molecule has 3 nitrogen and oxygen atoms in total. The summed E-state index contributed by atoms with van der Waals surface area (Å²) in [4.78, 5) is 0. The van der Waals surface area contributed by atoms with Crippen molar-refractivity contribution in [2.24, 2.45) is 0 Å². The largest absolute Gasteiger partial charge is 0.381 e. The van der Waals surface area contributed by atoms with Crippen LogP contribution in [-0.4, -0.2) is 6.61 Å². The van der Waals surface area contributed by atoms with Crippen LogP contribution in [-0.2, 0) is 17.9 Å². The molecule has 0 aliphatic rings. The van der Waals surface area contributed by atoms with E-state index < -0.39 is 0 Å². The highest BCUT2D eigenvalue weighted by molar-refractivity contribution is 9.10. The third-order valence-electron chi connectivity index (χ3n) is 3.15. The fraction of sp³-hybridized carbons (Fsp3) is 0.235. The number of nitrogens with one attached hydrogen (secondary N) is 1. The van der Waals surface area contributed by atoms with E-state index in [1.54, 1.807) is 6.07 Å². The fourth-order valence-corrected chi connectivity index (χ4v) is 2.46. The van der Waals surface area contributed by atoms with Crippen molar-refractivity contribution in [3.05, 3.63) is 63.6 Å². The Morgan fingerprint density at radius 3 is 2.62 bits per heavy atom. The van der Waals surface area contributed by atoms with Crippen LogP contribution in [0.15, 0.2) is 46.9 Å². The Morgan fingerprint density at radius 2 is 1.95 bits per heavy atom. The van der Waals surface area contributed by atoms with Crippen LogP contribution < -0.4 is 5.32 Å². The maximum atomic E-state index is 8.92. The highest BCUT2D eigenvalue weighted by Gasteiger charge is 2.03. The molecule has 1 N–H and O–H groups in total. The second-order valence-electron chi connectivity index (χ2n) is 4.57. The summed E-state index contributed by atoms with van der Waals surface area (Å²) in [5, 5.41) is 12.3. The number of nitriles is 1. The van der Waals surface area contributed by atoms with E-state index in [1.807, 2.05) is 31.2 Å². The van der Waals surface area contributed by atoms with Crippen LogP contribution >= 0.6 is 15.9 Å². The highest BCUT2D eigenvalue weighted by Crippen LogP contribution is 2.21. The number of hydrogen-bond acceptors (Lipinski definition) is 3. The normalized spacial score (nSPS) is 10.1. The molecule has 0 radical (unpaired) electrons. The second kappa shape index (κ2) is 7.82. The summed E-state index contributed by atoms with van der Waals surface area (Å²) >= 11 is 3.40. The molecule has 2 rings (SSSR count). The standard InChI is InChI=1S/C17H17BrN2O/c1-2-21-12-15-6-4-3-5-14(15)11-20-16-8-7-13(10-19)17(18)9-16/h3-9,20H,2,11-12H2,1H3. The van der Waals surface area contributed by atoms with E-state index in [2.05, 4.69) is 39.4 Å². The van der Waals surface area contributed by atoms with E-state index >= 15 is 0 Å². The molecule has 0 aliphatic carbocycles. The maximum absolute atomic E-state index is 8.92. The van der Waals surface area contributed by atoms with Gasteiger partial charge in [-0.25, -0.2) is 0 Å². The van der Waals surface area contributed by atoms with Crippen LogP contribution in [0.3, 0.4) is 0 Å². The first kappa shape index (κ1) is 15.6. The van der Waals surface area contributed by atoms with Gasteiger partial charge in [0.05, 0.1) is 12.2 Å². The van der Waals surface area contributed by atoms with Crippen molar-refractivity contribution in [3.8, 4) is 6.07 Å². The molecule has 0 amide bonds. The molecule has 0 unspecified atom stereocenters. The van der Waals surface area contributed by atoms with E-state index in [1.165, 1.54) is 11.1 Å². The molecule has 2 aromatic carbocycles. The van der Waals surface area contributed by atoms with Crippen LogP contribution in [0.2, 0.25) is 0 Å². The lowest BCUT2D eigenvalue weighted by Crippen LogP contribution is -2.04. The van der Waals surface area contributed by atoms with Gasteiger partial charge < -0.3 is 10.1 Å². The predicted molar refractivity (Wildman–Crippen MR) is 88.0 cm³/mol. The van der Waals surface area contributed by atoms with Crippen LogP contribution in [0.4, 0.5) is 5.69 Å². The molecule has 0 aromatic heterocycles. The van der Waals surface area contributed by atoms with Crippen molar-refractivity contribution in [3.63, 3.8) is 0 Å². The summed E-state index contributed by atoms with van der Waals surface area (Å²) in [6.07, 6.45) is 0. The van der Waals surface area contributed by atoms with Gasteiger partial charge in [0.2, 0.25) is 0 Å². The molecule has 0 heterocycles. The molecule has 2 aromatic rings. The summed E-state index contributed by atoms with van der Waals surface area (Å²) < 4.78 is 6.29. The number of nitrogens with zero attached hydrogens (tertiary/aromatic N) is 1. The van der Waals surface area contributed by atoms with E-state index in [4.69, 9.17) is 10.00 Å². The smallest absolute Gasteiger partial charge is 0.100 e. The molecule has 0 fully saturated rings. The molecule has 0 spiro atoms. The van der Waals surface area contributed by atoms with Crippen molar-refractivity contribution < 1.29 is 4.74 Å². The zero-order valence-corrected chi connectivity index (χ0v) is 13.5. The number of rotatable bonds is 6. The van der Waals surface area contributed by atoms with Crippen LogP contribution in [0.25, 0.3) is 0 Å². The molecule has 0 atom stereocenters. The van der Waals surface area contributed by atoms with Gasteiger partial charge in [-0.3, -0.25) is 0 Å². The fourth-order valence-electron chi connectivity index (χ4n) is 2.00. The summed E-state index contributed by atoms with van der Waals surface area (Å²) in [5.74, 6) is 0. The summed E-state index contributed by atoms with van der Waals surface area (Å²) in [5.41, 5.74) is 4.02. The van der Waals surface area contributed by atoms with E-state index in [9.17, 15) is 0 Å². The summed E-state index contributed by atoms with van der Waals surface area (Å²) in [7, 11) is 0. The van der Waals surface area contributed by atoms with Crippen molar-refractivity contribution in [2.45, 2.75) is 20.1 Å². The van der Waals surface area contributed by atoms with E-state index in [0.717, 1.165) is 16.7 Å². The van der Waals surface area contributed by atoms with Gasteiger partial charge in [0.25, 0.3) is 0 Å². The van der Waals surface area contributed by atoms with Gasteiger partial charge in [-0.2, -0.15) is 5.26 Å². The second-order valence-corrected chi connectivity index (χ2v) is 5.42. The molecule has 0 aliphatic heterocycles. The minimum absolute atomic E-state index is 0.630. The monoisotopic (exact) mass is 344 g/mol. The van der Waals surface area contributed by atoms with Gasteiger partial charge >= 0.3 is 0 Å². The Bertz CT molecular complexity index is 649. The third-order valence-corrected chi connectivity index (χ3v) is 3.81. The molecule has 108 valence electrons. The maximum Gasteiger partial charge on any atom is 0.100 e. The van der Waals surface area contributed by atoms with E-state index in [-0.39, 0.29) is 0 Å². The quantitative estimate of drug-likeness (QED) is 0.840. The zero-order valence-electron chi connectivity index (χ0n) is 11.9. The Labute approximate surface area is 133 Å². The lowest BCUT2D eigenvalue weighted by Gasteiger charge is -2.12. The van der Waals surface area contributed by atoms with Crippen molar-refractivity contribution in [1.29, 1.82) is 5.26 Å². The van der Waals surface area contributed by atoms with Gasteiger partial charge in [0, 0.05) is 23.3 Å².